The van der Waals surface area contributed by atoms with Crippen molar-refractivity contribution in [1.29, 1.82) is 0 Å². The zero-order valence-electron chi connectivity index (χ0n) is 15.2. The first-order valence-electron chi connectivity index (χ1n) is 8.65. The summed E-state index contributed by atoms with van der Waals surface area (Å²) in [6.45, 7) is 2.63. The highest BCUT2D eigenvalue weighted by molar-refractivity contribution is 7.92. The van der Waals surface area contributed by atoms with E-state index in [0.717, 1.165) is 23.7 Å². The normalized spacial score (nSPS) is 14.0. The third kappa shape index (κ3) is 3.90. The number of methoxy groups -OCH3 is 1. The lowest BCUT2D eigenvalue weighted by molar-refractivity contribution is -0.118. The largest absolute Gasteiger partial charge is 0.494 e. The molecule has 2 aromatic carbocycles. The van der Waals surface area contributed by atoms with Crippen molar-refractivity contribution in [3.05, 3.63) is 47.8 Å². The van der Waals surface area contributed by atoms with E-state index in [1.807, 2.05) is 6.92 Å². The van der Waals surface area contributed by atoms with Gasteiger partial charge in [0.25, 0.3) is 10.0 Å². The summed E-state index contributed by atoms with van der Waals surface area (Å²) >= 11 is 0. The van der Waals surface area contributed by atoms with Gasteiger partial charge in [-0.1, -0.05) is 6.92 Å². The van der Waals surface area contributed by atoms with Gasteiger partial charge in [-0.3, -0.25) is 9.52 Å². The van der Waals surface area contributed by atoms with Gasteiger partial charge in [-0.15, -0.1) is 0 Å². The Bertz CT molecular complexity index is 976. The topological polar surface area (TPSA) is 75.7 Å². The number of halogens is 1. The number of benzene rings is 2. The number of sulfonamides is 1. The molecular weight excluding hydrogens is 371 g/mol. The summed E-state index contributed by atoms with van der Waals surface area (Å²) in [4.78, 5) is 13.6. The van der Waals surface area contributed by atoms with Gasteiger partial charge >= 0.3 is 0 Å². The average Bonchev–Trinajstić information content (AvgIpc) is 2.64. The van der Waals surface area contributed by atoms with Crippen LogP contribution in [0.3, 0.4) is 0 Å². The molecule has 27 heavy (non-hydrogen) atoms. The molecule has 0 unspecified atom stereocenters. The highest BCUT2D eigenvalue weighted by Crippen LogP contribution is 2.31. The lowest BCUT2D eigenvalue weighted by Crippen LogP contribution is -2.35. The van der Waals surface area contributed by atoms with E-state index in [1.54, 1.807) is 23.1 Å². The van der Waals surface area contributed by atoms with E-state index in [2.05, 4.69) is 4.72 Å². The maximum Gasteiger partial charge on any atom is 0.262 e. The van der Waals surface area contributed by atoms with E-state index in [-0.39, 0.29) is 16.6 Å². The van der Waals surface area contributed by atoms with Crippen molar-refractivity contribution in [3.8, 4) is 5.75 Å². The van der Waals surface area contributed by atoms with Crippen LogP contribution in [-0.4, -0.2) is 28.0 Å². The molecule has 0 bridgehead atoms. The van der Waals surface area contributed by atoms with Crippen molar-refractivity contribution >= 4 is 27.3 Å². The van der Waals surface area contributed by atoms with Gasteiger partial charge in [0.05, 0.1) is 12.0 Å². The molecule has 8 heteroatoms. The minimum Gasteiger partial charge on any atom is -0.494 e. The van der Waals surface area contributed by atoms with E-state index in [0.29, 0.717) is 25.1 Å². The van der Waals surface area contributed by atoms with Crippen molar-refractivity contribution in [3.63, 3.8) is 0 Å². The van der Waals surface area contributed by atoms with Crippen molar-refractivity contribution < 1.29 is 22.3 Å². The third-order valence-electron chi connectivity index (χ3n) is 4.41. The molecule has 0 fully saturated rings. The molecule has 0 aromatic heterocycles. The summed E-state index contributed by atoms with van der Waals surface area (Å²) in [5, 5.41) is 0. The Labute approximate surface area is 158 Å². The summed E-state index contributed by atoms with van der Waals surface area (Å²) in [6.07, 6.45) is 1.79. The van der Waals surface area contributed by atoms with Crippen LogP contribution in [0.1, 0.15) is 25.3 Å². The predicted octanol–water partition coefficient (Wildman–Crippen LogP) is 3.32. The fraction of sp³-hybridized carbons (Fsp3) is 0.316. The Hall–Kier alpha value is -2.61. The molecule has 0 saturated carbocycles. The molecule has 1 N–H and O–H groups in total. The van der Waals surface area contributed by atoms with Crippen LogP contribution in [0.25, 0.3) is 0 Å². The highest BCUT2D eigenvalue weighted by Gasteiger charge is 2.24. The molecule has 0 radical (unpaired) electrons. The molecule has 0 spiro atoms. The number of ether oxygens (including phenoxy) is 1. The molecule has 0 saturated heterocycles. The van der Waals surface area contributed by atoms with Crippen LogP contribution in [0.5, 0.6) is 5.75 Å². The summed E-state index contributed by atoms with van der Waals surface area (Å²) in [5.74, 6) is -0.700. The number of amides is 1. The molecule has 1 amide bonds. The average molecular weight is 392 g/mol. The molecule has 6 nitrogen and oxygen atoms in total. The lowest BCUT2D eigenvalue weighted by atomic mass is 10.0. The SMILES string of the molecule is CCCN1C(=O)CCc2cc(NS(=O)(=O)c3ccc(OC)c(F)c3)ccc21. The molecule has 0 atom stereocenters. The number of anilines is 2. The van der Waals surface area contributed by atoms with E-state index in [4.69, 9.17) is 4.74 Å². The van der Waals surface area contributed by atoms with Crippen molar-refractivity contribution in [2.24, 2.45) is 0 Å². The van der Waals surface area contributed by atoms with Crippen LogP contribution in [-0.2, 0) is 21.2 Å². The summed E-state index contributed by atoms with van der Waals surface area (Å²) in [5.41, 5.74) is 2.09. The Morgan fingerprint density at radius 1 is 1.19 bits per heavy atom. The number of rotatable bonds is 6. The second-order valence-corrected chi connectivity index (χ2v) is 7.97. The van der Waals surface area contributed by atoms with Crippen molar-refractivity contribution in [2.75, 3.05) is 23.3 Å². The molecule has 2 aromatic rings. The van der Waals surface area contributed by atoms with Gasteiger partial charge in [0.1, 0.15) is 0 Å². The standard InChI is InChI=1S/C19H21FN2O4S/c1-3-10-22-17-7-5-14(11-13(17)4-9-19(22)23)21-27(24,25)15-6-8-18(26-2)16(20)12-15/h5-8,11-12,21H,3-4,9-10H2,1-2H3. The zero-order chi connectivity index (χ0) is 19.6. The maximum atomic E-state index is 13.8. The number of carbonyl (C=O) groups excluding carboxylic acids is 1. The smallest absolute Gasteiger partial charge is 0.262 e. The number of aryl methyl sites for hydroxylation is 1. The van der Waals surface area contributed by atoms with E-state index in [1.165, 1.54) is 19.2 Å². The summed E-state index contributed by atoms with van der Waals surface area (Å²) in [6, 6.07) is 8.55. The lowest BCUT2D eigenvalue weighted by Gasteiger charge is -2.29. The first kappa shape index (κ1) is 19.2. The first-order valence-corrected chi connectivity index (χ1v) is 10.1. The third-order valence-corrected chi connectivity index (χ3v) is 5.79. The minimum atomic E-state index is -3.95. The van der Waals surface area contributed by atoms with Crippen LogP contribution in [0.4, 0.5) is 15.8 Å². The van der Waals surface area contributed by atoms with Gasteiger partial charge in [-0.25, -0.2) is 12.8 Å². The van der Waals surface area contributed by atoms with Crippen LogP contribution in [0, 0.1) is 5.82 Å². The minimum absolute atomic E-state index is 0.0246. The van der Waals surface area contributed by atoms with Gasteiger partial charge < -0.3 is 9.64 Å². The van der Waals surface area contributed by atoms with E-state index in [9.17, 15) is 17.6 Å². The Balaban J connectivity index is 1.88. The van der Waals surface area contributed by atoms with Crippen molar-refractivity contribution in [2.45, 2.75) is 31.1 Å². The Morgan fingerprint density at radius 3 is 2.63 bits per heavy atom. The fourth-order valence-electron chi connectivity index (χ4n) is 3.12. The number of hydrogen-bond donors (Lipinski definition) is 1. The molecular formula is C19H21FN2O4S. The Kier molecular flexibility index (Phi) is 5.36. The van der Waals surface area contributed by atoms with Crippen LogP contribution >= 0.6 is 0 Å². The van der Waals surface area contributed by atoms with Gasteiger partial charge in [-0.2, -0.15) is 0 Å². The van der Waals surface area contributed by atoms with Crippen LogP contribution in [0.2, 0.25) is 0 Å². The summed E-state index contributed by atoms with van der Waals surface area (Å²) < 4.78 is 46.2. The summed E-state index contributed by atoms with van der Waals surface area (Å²) in [7, 11) is -2.64. The molecule has 1 heterocycles. The van der Waals surface area contributed by atoms with Crippen LogP contribution in [0.15, 0.2) is 41.3 Å². The van der Waals surface area contributed by atoms with Gasteiger partial charge in [0.2, 0.25) is 5.91 Å². The second-order valence-electron chi connectivity index (χ2n) is 6.29. The second kappa shape index (κ2) is 7.56. The number of hydrogen-bond acceptors (Lipinski definition) is 4. The first-order chi connectivity index (χ1) is 12.9. The van der Waals surface area contributed by atoms with E-state index >= 15 is 0 Å². The van der Waals surface area contributed by atoms with Crippen LogP contribution < -0.4 is 14.4 Å². The number of fused-ring (bicyclic) bond motifs is 1. The highest BCUT2D eigenvalue weighted by atomic mass is 32.2. The quantitative estimate of drug-likeness (QED) is 0.818. The van der Waals surface area contributed by atoms with Gasteiger partial charge in [-0.05, 0) is 54.8 Å². The van der Waals surface area contributed by atoms with E-state index < -0.39 is 15.8 Å². The monoisotopic (exact) mass is 392 g/mol. The molecule has 1 aliphatic heterocycles. The predicted molar refractivity (Wildman–Crippen MR) is 101 cm³/mol. The van der Waals surface area contributed by atoms with Gasteiger partial charge in [0.15, 0.2) is 11.6 Å². The molecule has 3 rings (SSSR count). The molecule has 0 aliphatic carbocycles. The maximum absolute atomic E-state index is 13.8. The number of nitrogens with zero attached hydrogens (tertiary/aromatic N) is 1. The fourth-order valence-corrected chi connectivity index (χ4v) is 4.18. The number of nitrogens with one attached hydrogen (secondary N) is 1. The Morgan fingerprint density at radius 2 is 1.96 bits per heavy atom. The molecule has 1 aliphatic rings. The van der Waals surface area contributed by atoms with Crippen molar-refractivity contribution in [1.82, 2.24) is 0 Å². The number of carbonyl (C=O) groups is 1. The zero-order valence-corrected chi connectivity index (χ0v) is 16.0. The van der Waals surface area contributed by atoms with Gasteiger partial charge in [0, 0.05) is 24.3 Å². The molecule has 144 valence electrons.